The summed E-state index contributed by atoms with van der Waals surface area (Å²) in [6, 6.07) is 4.90. The lowest BCUT2D eigenvalue weighted by Crippen LogP contribution is -2.22. The van der Waals surface area contributed by atoms with Gasteiger partial charge in [-0.05, 0) is 48.9 Å². The summed E-state index contributed by atoms with van der Waals surface area (Å²) in [5.41, 5.74) is 2.10. The molecule has 26 heavy (non-hydrogen) atoms. The molecule has 3 rings (SSSR count). The van der Waals surface area contributed by atoms with Crippen LogP contribution in [0.15, 0.2) is 23.6 Å². The molecule has 1 amide bonds. The van der Waals surface area contributed by atoms with Crippen molar-refractivity contribution in [1.82, 2.24) is 0 Å². The molecule has 0 bridgehead atoms. The van der Waals surface area contributed by atoms with Gasteiger partial charge in [0.2, 0.25) is 0 Å². The second-order valence-corrected chi connectivity index (χ2v) is 7.77. The van der Waals surface area contributed by atoms with Crippen molar-refractivity contribution in [3.63, 3.8) is 0 Å². The van der Waals surface area contributed by atoms with Gasteiger partial charge in [-0.3, -0.25) is 4.79 Å². The van der Waals surface area contributed by atoms with E-state index in [1.807, 2.05) is 5.38 Å². The molecule has 1 aliphatic carbocycles. The number of thiophene rings is 1. The Morgan fingerprint density at radius 1 is 1.38 bits per heavy atom. The third-order valence-electron chi connectivity index (χ3n) is 4.39. The van der Waals surface area contributed by atoms with Gasteiger partial charge in [0.15, 0.2) is 6.61 Å². The summed E-state index contributed by atoms with van der Waals surface area (Å²) in [4.78, 5) is 25.7. The highest BCUT2D eigenvalue weighted by molar-refractivity contribution is 7.10. The van der Waals surface area contributed by atoms with Crippen molar-refractivity contribution < 1.29 is 19.1 Å². The third kappa shape index (κ3) is 4.19. The monoisotopic (exact) mass is 393 g/mol. The lowest BCUT2D eigenvalue weighted by Gasteiger charge is -2.18. The van der Waals surface area contributed by atoms with E-state index in [1.165, 1.54) is 12.0 Å². The van der Waals surface area contributed by atoms with E-state index in [2.05, 4.69) is 12.2 Å². The fourth-order valence-corrected chi connectivity index (χ4v) is 4.43. The van der Waals surface area contributed by atoms with Crippen LogP contribution >= 0.6 is 22.9 Å². The highest BCUT2D eigenvalue weighted by Gasteiger charge is 2.24. The topological polar surface area (TPSA) is 64.6 Å². The molecule has 0 spiro atoms. The number of halogens is 1. The van der Waals surface area contributed by atoms with Crippen LogP contribution in [0.3, 0.4) is 0 Å². The van der Waals surface area contributed by atoms with E-state index >= 15 is 0 Å². The minimum atomic E-state index is -0.453. The average Bonchev–Trinajstić information content (AvgIpc) is 3.03. The highest BCUT2D eigenvalue weighted by Crippen LogP contribution is 2.33. The summed E-state index contributed by atoms with van der Waals surface area (Å²) in [5.74, 6) is 0.223. The molecule has 1 N–H and O–H groups in total. The number of anilines is 1. The first-order valence-electron chi connectivity index (χ1n) is 8.37. The van der Waals surface area contributed by atoms with Gasteiger partial charge >= 0.3 is 5.97 Å². The summed E-state index contributed by atoms with van der Waals surface area (Å²) in [6.45, 7) is 1.85. The number of fused-ring (bicyclic) bond motifs is 1. The maximum atomic E-state index is 12.4. The second kappa shape index (κ2) is 8.10. The molecule has 1 atom stereocenters. The molecule has 1 aromatic carbocycles. The van der Waals surface area contributed by atoms with Crippen LogP contribution in [-0.4, -0.2) is 25.6 Å². The van der Waals surface area contributed by atoms with E-state index in [0.29, 0.717) is 27.9 Å². The fourth-order valence-electron chi connectivity index (χ4n) is 3.02. The number of carbonyl (C=O) groups excluding carboxylic acids is 2. The molecule has 138 valence electrons. The van der Waals surface area contributed by atoms with Crippen molar-refractivity contribution in [2.75, 3.05) is 19.0 Å². The van der Waals surface area contributed by atoms with E-state index in [0.717, 1.165) is 24.8 Å². The number of ether oxygens (including phenoxy) is 2. The van der Waals surface area contributed by atoms with E-state index in [-0.39, 0.29) is 6.61 Å². The van der Waals surface area contributed by atoms with Crippen LogP contribution in [0.5, 0.6) is 5.75 Å². The molecule has 0 saturated heterocycles. The van der Waals surface area contributed by atoms with E-state index in [9.17, 15) is 9.59 Å². The van der Waals surface area contributed by atoms with E-state index in [4.69, 9.17) is 21.1 Å². The molecule has 1 aromatic heterocycles. The van der Waals surface area contributed by atoms with E-state index < -0.39 is 11.9 Å². The van der Waals surface area contributed by atoms with Crippen LogP contribution in [0.4, 0.5) is 5.69 Å². The van der Waals surface area contributed by atoms with Crippen molar-refractivity contribution in [1.29, 1.82) is 0 Å². The molecular weight excluding hydrogens is 374 g/mol. The Balaban J connectivity index is 1.60. The van der Waals surface area contributed by atoms with Crippen molar-refractivity contribution in [3.8, 4) is 5.75 Å². The summed E-state index contributed by atoms with van der Waals surface area (Å²) in [5, 5.41) is 4.95. The Hall–Kier alpha value is -2.05. The third-order valence-corrected chi connectivity index (χ3v) is 5.68. The zero-order chi connectivity index (χ0) is 18.7. The molecule has 0 fully saturated rings. The minimum absolute atomic E-state index is 0.366. The van der Waals surface area contributed by atoms with Gasteiger partial charge in [0.25, 0.3) is 5.91 Å². The zero-order valence-electron chi connectivity index (χ0n) is 14.6. The molecule has 0 aliphatic heterocycles. The van der Waals surface area contributed by atoms with Gasteiger partial charge in [-0.25, -0.2) is 4.79 Å². The normalized spacial score (nSPS) is 15.9. The summed E-state index contributed by atoms with van der Waals surface area (Å²) < 4.78 is 10.4. The standard InChI is InChI=1S/C19H20ClNO4S/c1-11-3-5-13-14(10-26-17(13)7-11)19(23)25-9-18(22)21-15-8-12(20)4-6-16(15)24-2/h4,6,8,10-11H,3,5,7,9H2,1-2H3,(H,21,22)/t11-/m0/s1. The highest BCUT2D eigenvalue weighted by atomic mass is 35.5. The SMILES string of the molecule is COc1ccc(Cl)cc1NC(=O)COC(=O)c1csc2c1CC[C@H](C)C2. The molecule has 5 nitrogen and oxygen atoms in total. The summed E-state index contributed by atoms with van der Waals surface area (Å²) in [6.07, 6.45) is 2.96. The van der Waals surface area contributed by atoms with Gasteiger partial charge in [0.05, 0.1) is 18.4 Å². The number of carbonyl (C=O) groups is 2. The number of hydrogen-bond acceptors (Lipinski definition) is 5. The van der Waals surface area contributed by atoms with Gasteiger partial charge in [0, 0.05) is 15.3 Å². The van der Waals surface area contributed by atoms with Gasteiger partial charge < -0.3 is 14.8 Å². The van der Waals surface area contributed by atoms with Crippen molar-refractivity contribution >= 4 is 40.5 Å². The first-order valence-corrected chi connectivity index (χ1v) is 9.63. The maximum absolute atomic E-state index is 12.4. The van der Waals surface area contributed by atoms with Crippen LogP contribution in [0, 0.1) is 5.92 Å². The molecule has 0 saturated carbocycles. The Labute approximate surface area is 161 Å². The van der Waals surface area contributed by atoms with Crippen molar-refractivity contribution in [3.05, 3.63) is 44.6 Å². The Morgan fingerprint density at radius 3 is 2.96 bits per heavy atom. The van der Waals surface area contributed by atoms with Gasteiger partial charge in [-0.15, -0.1) is 11.3 Å². The molecule has 0 unspecified atom stereocenters. The number of amides is 1. The smallest absolute Gasteiger partial charge is 0.339 e. The molecule has 0 radical (unpaired) electrons. The maximum Gasteiger partial charge on any atom is 0.339 e. The number of esters is 1. The van der Waals surface area contributed by atoms with Crippen LogP contribution < -0.4 is 10.1 Å². The fraction of sp³-hybridized carbons (Fsp3) is 0.368. The predicted octanol–water partition coefficient (Wildman–Crippen LogP) is 4.33. The first kappa shape index (κ1) is 18.7. The average molecular weight is 394 g/mol. The lowest BCUT2D eigenvalue weighted by molar-refractivity contribution is -0.119. The van der Waals surface area contributed by atoms with Crippen LogP contribution in [0.1, 0.15) is 34.1 Å². The molecule has 7 heteroatoms. The Kier molecular flexibility index (Phi) is 5.84. The Bertz CT molecular complexity index is 833. The van der Waals surface area contributed by atoms with Gasteiger partial charge in [-0.1, -0.05) is 18.5 Å². The first-order chi connectivity index (χ1) is 12.5. The molecular formula is C19H20ClNO4S. The van der Waals surface area contributed by atoms with Gasteiger partial charge in [-0.2, -0.15) is 0 Å². The summed E-state index contributed by atoms with van der Waals surface area (Å²) >= 11 is 7.53. The lowest BCUT2D eigenvalue weighted by atomic mass is 9.88. The summed E-state index contributed by atoms with van der Waals surface area (Å²) in [7, 11) is 1.50. The van der Waals surface area contributed by atoms with Crippen LogP contribution in [0.25, 0.3) is 0 Å². The molecule has 2 aromatic rings. The zero-order valence-corrected chi connectivity index (χ0v) is 16.2. The molecule has 1 heterocycles. The number of nitrogens with one attached hydrogen (secondary N) is 1. The van der Waals surface area contributed by atoms with Crippen molar-refractivity contribution in [2.45, 2.75) is 26.2 Å². The van der Waals surface area contributed by atoms with Gasteiger partial charge in [0.1, 0.15) is 5.75 Å². The van der Waals surface area contributed by atoms with Crippen LogP contribution in [-0.2, 0) is 22.4 Å². The largest absolute Gasteiger partial charge is 0.495 e. The second-order valence-electron chi connectivity index (χ2n) is 6.37. The predicted molar refractivity (Wildman–Crippen MR) is 102 cm³/mol. The molecule has 1 aliphatic rings. The number of benzene rings is 1. The number of hydrogen-bond donors (Lipinski definition) is 1. The minimum Gasteiger partial charge on any atom is -0.495 e. The number of rotatable bonds is 5. The van der Waals surface area contributed by atoms with Crippen LogP contribution in [0.2, 0.25) is 5.02 Å². The Morgan fingerprint density at radius 2 is 2.19 bits per heavy atom. The quantitative estimate of drug-likeness (QED) is 0.768. The number of methoxy groups -OCH3 is 1. The van der Waals surface area contributed by atoms with E-state index in [1.54, 1.807) is 29.5 Å². The van der Waals surface area contributed by atoms with Crippen molar-refractivity contribution in [2.24, 2.45) is 5.92 Å².